The molecular formula is C10H9F3N4O. The molecule has 0 bridgehead atoms. The fourth-order valence-corrected chi connectivity index (χ4v) is 1.52. The van der Waals surface area contributed by atoms with E-state index in [-0.39, 0.29) is 5.82 Å². The molecule has 0 spiro atoms. The van der Waals surface area contributed by atoms with Crippen LogP contribution in [-0.2, 0) is 6.18 Å². The van der Waals surface area contributed by atoms with Crippen molar-refractivity contribution >= 4 is 0 Å². The van der Waals surface area contributed by atoms with E-state index in [9.17, 15) is 18.0 Å². The largest absolute Gasteiger partial charge is 0.432 e. The van der Waals surface area contributed by atoms with E-state index in [1.54, 1.807) is 13.8 Å². The van der Waals surface area contributed by atoms with E-state index in [0.29, 0.717) is 17.6 Å². The third kappa shape index (κ3) is 2.27. The van der Waals surface area contributed by atoms with Gasteiger partial charge < -0.3 is 0 Å². The van der Waals surface area contributed by atoms with Gasteiger partial charge >= 0.3 is 6.18 Å². The molecule has 0 aliphatic heterocycles. The molecule has 2 rings (SSSR count). The van der Waals surface area contributed by atoms with Crippen LogP contribution >= 0.6 is 0 Å². The summed E-state index contributed by atoms with van der Waals surface area (Å²) < 4.78 is 38.1. The van der Waals surface area contributed by atoms with E-state index in [0.717, 1.165) is 4.68 Å². The summed E-state index contributed by atoms with van der Waals surface area (Å²) in [7, 11) is 0. The molecule has 96 valence electrons. The zero-order valence-corrected chi connectivity index (χ0v) is 9.54. The monoisotopic (exact) mass is 258 g/mol. The summed E-state index contributed by atoms with van der Waals surface area (Å²) in [6.07, 6.45) is -4.60. The number of alkyl halides is 3. The first kappa shape index (κ1) is 12.3. The zero-order valence-electron chi connectivity index (χ0n) is 9.54. The highest BCUT2D eigenvalue weighted by Crippen LogP contribution is 2.26. The predicted octanol–water partition coefficient (Wildman–Crippen LogP) is 1.59. The van der Waals surface area contributed by atoms with Gasteiger partial charge in [0.15, 0.2) is 5.82 Å². The average molecular weight is 258 g/mol. The number of hydrogen-bond acceptors (Lipinski definition) is 3. The number of aromatic nitrogens is 4. The van der Waals surface area contributed by atoms with Crippen LogP contribution < -0.4 is 5.56 Å². The van der Waals surface area contributed by atoms with Crippen molar-refractivity contribution in [2.75, 3.05) is 0 Å². The maximum atomic E-state index is 12.4. The number of hydrogen-bond donors (Lipinski definition) is 1. The van der Waals surface area contributed by atoms with Crippen molar-refractivity contribution in [3.05, 3.63) is 39.7 Å². The second-order valence-corrected chi connectivity index (χ2v) is 3.76. The van der Waals surface area contributed by atoms with Crippen LogP contribution in [0.2, 0.25) is 0 Å². The SMILES string of the molecule is Cc1cc(-n2[nH]c(C(F)(F)F)cc2=O)nc(C)n1. The Morgan fingerprint density at radius 2 is 1.89 bits per heavy atom. The second-order valence-electron chi connectivity index (χ2n) is 3.76. The highest BCUT2D eigenvalue weighted by Gasteiger charge is 2.33. The summed E-state index contributed by atoms with van der Waals surface area (Å²) >= 11 is 0. The molecule has 0 unspecified atom stereocenters. The Morgan fingerprint density at radius 3 is 2.39 bits per heavy atom. The highest BCUT2D eigenvalue weighted by atomic mass is 19.4. The average Bonchev–Trinajstić information content (AvgIpc) is 2.58. The van der Waals surface area contributed by atoms with Crippen LogP contribution in [0.15, 0.2) is 16.9 Å². The number of rotatable bonds is 1. The molecule has 5 nitrogen and oxygen atoms in total. The smallest absolute Gasteiger partial charge is 0.285 e. The first-order valence-corrected chi connectivity index (χ1v) is 4.99. The van der Waals surface area contributed by atoms with Gasteiger partial charge in [-0.2, -0.15) is 13.2 Å². The molecule has 0 radical (unpaired) electrons. The highest BCUT2D eigenvalue weighted by molar-refractivity contribution is 5.24. The van der Waals surface area contributed by atoms with Gasteiger partial charge in [0, 0.05) is 17.8 Å². The van der Waals surface area contributed by atoms with Gasteiger partial charge in [-0.25, -0.2) is 14.6 Å². The third-order valence-electron chi connectivity index (χ3n) is 2.21. The van der Waals surface area contributed by atoms with E-state index >= 15 is 0 Å². The Morgan fingerprint density at radius 1 is 1.22 bits per heavy atom. The molecule has 0 saturated heterocycles. The molecule has 8 heteroatoms. The van der Waals surface area contributed by atoms with Gasteiger partial charge in [0.05, 0.1) is 0 Å². The minimum Gasteiger partial charge on any atom is -0.285 e. The quantitative estimate of drug-likeness (QED) is 0.844. The van der Waals surface area contributed by atoms with Crippen molar-refractivity contribution in [3.63, 3.8) is 0 Å². The Labute approximate surface area is 99.3 Å². The van der Waals surface area contributed by atoms with Crippen molar-refractivity contribution in [1.29, 1.82) is 0 Å². The van der Waals surface area contributed by atoms with Crippen molar-refractivity contribution < 1.29 is 13.2 Å². The predicted molar refractivity (Wildman–Crippen MR) is 56.5 cm³/mol. The molecule has 0 saturated carbocycles. The van der Waals surface area contributed by atoms with Crippen LogP contribution in [0.3, 0.4) is 0 Å². The number of aryl methyl sites for hydroxylation is 2. The fraction of sp³-hybridized carbons (Fsp3) is 0.300. The number of aromatic amines is 1. The van der Waals surface area contributed by atoms with Gasteiger partial charge in [0.1, 0.15) is 11.5 Å². The van der Waals surface area contributed by atoms with Crippen LogP contribution in [0, 0.1) is 13.8 Å². The van der Waals surface area contributed by atoms with Crippen molar-refractivity contribution in [1.82, 2.24) is 19.7 Å². The topological polar surface area (TPSA) is 63.6 Å². The van der Waals surface area contributed by atoms with Crippen molar-refractivity contribution in [2.45, 2.75) is 20.0 Å². The van der Waals surface area contributed by atoms with E-state index in [1.165, 1.54) is 6.07 Å². The maximum Gasteiger partial charge on any atom is 0.432 e. The Hall–Kier alpha value is -2.12. The summed E-state index contributed by atoms with van der Waals surface area (Å²) in [6, 6.07) is 1.91. The molecule has 2 aromatic heterocycles. The van der Waals surface area contributed by atoms with Gasteiger partial charge in [-0.1, -0.05) is 0 Å². The summed E-state index contributed by atoms with van der Waals surface area (Å²) in [4.78, 5) is 19.4. The minimum atomic E-state index is -4.60. The Kier molecular flexibility index (Phi) is 2.72. The number of halogens is 3. The molecule has 1 N–H and O–H groups in total. The third-order valence-corrected chi connectivity index (χ3v) is 2.21. The van der Waals surface area contributed by atoms with Crippen LogP contribution in [0.4, 0.5) is 13.2 Å². The molecule has 0 aliphatic carbocycles. The number of nitrogens with one attached hydrogen (secondary N) is 1. The fourth-order valence-electron chi connectivity index (χ4n) is 1.52. The molecule has 0 atom stereocenters. The van der Waals surface area contributed by atoms with Gasteiger partial charge in [0.2, 0.25) is 0 Å². The van der Waals surface area contributed by atoms with Gasteiger partial charge in [-0.3, -0.25) is 9.89 Å². The normalized spacial score (nSPS) is 11.8. The van der Waals surface area contributed by atoms with Gasteiger partial charge in [0.25, 0.3) is 5.56 Å². The van der Waals surface area contributed by atoms with Crippen LogP contribution in [0.25, 0.3) is 5.82 Å². The van der Waals surface area contributed by atoms with E-state index in [1.807, 2.05) is 5.10 Å². The van der Waals surface area contributed by atoms with E-state index in [4.69, 9.17) is 0 Å². The molecule has 0 aromatic carbocycles. The van der Waals surface area contributed by atoms with Crippen molar-refractivity contribution in [2.24, 2.45) is 0 Å². The summed E-state index contributed by atoms with van der Waals surface area (Å²) in [5.74, 6) is 0.459. The van der Waals surface area contributed by atoms with Crippen molar-refractivity contribution in [3.8, 4) is 5.82 Å². The minimum absolute atomic E-state index is 0.0838. The van der Waals surface area contributed by atoms with Crippen LogP contribution in [0.5, 0.6) is 0 Å². The molecule has 0 aliphatic rings. The van der Waals surface area contributed by atoms with Gasteiger partial charge in [-0.05, 0) is 13.8 Å². The van der Waals surface area contributed by atoms with Crippen LogP contribution in [-0.4, -0.2) is 19.7 Å². The van der Waals surface area contributed by atoms with Gasteiger partial charge in [-0.15, -0.1) is 0 Å². The molecule has 0 amide bonds. The lowest BCUT2D eigenvalue weighted by Gasteiger charge is -2.05. The lowest BCUT2D eigenvalue weighted by atomic mass is 10.4. The molecule has 18 heavy (non-hydrogen) atoms. The lowest BCUT2D eigenvalue weighted by molar-refractivity contribution is -0.141. The summed E-state index contributed by atoms with van der Waals surface area (Å²) in [6.45, 7) is 3.26. The number of nitrogens with zero attached hydrogens (tertiary/aromatic N) is 3. The lowest BCUT2D eigenvalue weighted by Crippen LogP contribution is -2.16. The molecule has 2 heterocycles. The van der Waals surface area contributed by atoms with E-state index < -0.39 is 17.4 Å². The standard InChI is InChI=1S/C10H9F3N4O/c1-5-3-8(15-6(2)14-5)17-9(18)4-7(16-17)10(11,12)13/h3-4,16H,1-2H3. The second kappa shape index (κ2) is 3.97. The summed E-state index contributed by atoms with van der Waals surface area (Å²) in [5.41, 5.74) is -1.37. The maximum absolute atomic E-state index is 12.4. The zero-order chi connectivity index (χ0) is 13.5. The first-order chi connectivity index (χ1) is 8.27. The Balaban J connectivity index is 2.58. The number of H-pyrrole nitrogens is 1. The molecule has 0 fully saturated rings. The first-order valence-electron chi connectivity index (χ1n) is 4.99. The van der Waals surface area contributed by atoms with E-state index in [2.05, 4.69) is 9.97 Å². The van der Waals surface area contributed by atoms with Crippen LogP contribution in [0.1, 0.15) is 17.2 Å². The molecular weight excluding hydrogens is 249 g/mol. The Bertz CT molecular complexity index is 621. The molecule has 2 aromatic rings. The summed E-state index contributed by atoms with van der Waals surface area (Å²) in [5, 5.41) is 1.98.